The average Bonchev–Trinajstić information content (AvgIpc) is 3.21. The number of nitrogens with one attached hydrogen (secondary N) is 2. The predicted molar refractivity (Wildman–Crippen MR) is 216 cm³/mol. The lowest BCUT2D eigenvalue weighted by Gasteiger charge is -2.17. The number of nitrogens with zero attached hydrogens (tertiary/aromatic N) is 1. The summed E-state index contributed by atoms with van der Waals surface area (Å²) in [6.07, 6.45) is 1.79. The second kappa shape index (κ2) is 24.2. The molecule has 0 saturated heterocycles. The van der Waals surface area contributed by atoms with Gasteiger partial charge in [-0.25, -0.2) is 9.59 Å². The number of aromatic carboxylic acids is 1. The van der Waals surface area contributed by atoms with Crippen molar-refractivity contribution in [2.24, 2.45) is 0 Å². The molecule has 0 aromatic heterocycles. The SMILES string of the molecule is CCCC(=O)N(C=O)OC(=O)CCSCC(=O)NCCCOCCOCCOCCCNC(=O)c1ccc(-c2c3ccc(=O)cc-3oc3cc(O)ccc23)c(C(=O)O)c1. The Balaban J connectivity index is 1.04. The van der Waals surface area contributed by atoms with Gasteiger partial charge < -0.3 is 44.3 Å². The van der Waals surface area contributed by atoms with E-state index in [4.69, 9.17) is 23.5 Å². The maximum Gasteiger partial charge on any atom is 0.336 e. The Hall–Kier alpha value is -5.82. The molecule has 0 radical (unpaired) electrons. The predicted octanol–water partition coefficient (Wildman–Crippen LogP) is 4.01. The molecule has 0 bridgehead atoms. The first kappa shape index (κ1) is 45.9. The second-order valence-electron chi connectivity index (χ2n) is 12.9. The third-order valence-electron chi connectivity index (χ3n) is 8.43. The topological polar surface area (TPSA) is 237 Å². The summed E-state index contributed by atoms with van der Waals surface area (Å²) in [6, 6.07) is 13.0. The molecule has 59 heavy (non-hydrogen) atoms. The molecule has 4 amide bonds. The molecule has 316 valence electrons. The van der Waals surface area contributed by atoms with Crippen LogP contribution in [0.15, 0.2) is 63.8 Å². The van der Waals surface area contributed by atoms with E-state index >= 15 is 0 Å². The zero-order valence-corrected chi connectivity index (χ0v) is 33.3. The minimum atomic E-state index is -1.25. The van der Waals surface area contributed by atoms with Crippen LogP contribution in [-0.4, -0.2) is 116 Å². The van der Waals surface area contributed by atoms with Gasteiger partial charge in [0.2, 0.25) is 5.91 Å². The molecule has 4 N–H and O–H groups in total. The molecule has 0 atom stereocenters. The standard InChI is InChI=1S/C41H47N3O14S/c1-2-5-37(49)44(26-45)58-38(50)12-21-59-25-36(48)42-13-3-15-54-17-19-56-20-18-55-16-4-14-43-40(51)27-6-9-30(33(22-27)41(52)53)39-31-10-7-28(46)23-34(31)57-35-24-29(47)8-11-32(35)39/h6-11,22-24,26,46H,2-5,12-21,25H2,1H3,(H,42,48)(H,43,51)(H,52,53). The normalized spacial score (nSPS) is 11.0. The molecule has 1 heterocycles. The van der Waals surface area contributed by atoms with Crippen LogP contribution >= 0.6 is 11.8 Å². The van der Waals surface area contributed by atoms with Crippen molar-refractivity contribution in [1.82, 2.24) is 15.7 Å². The van der Waals surface area contributed by atoms with Crippen molar-refractivity contribution >= 4 is 58.8 Å². The summed E-state index contributed by atoms with van der Waals surface area (Å²) in [5.41, 5.74) is 1.27. The lowest BCUT2D eigenvalue weighted by atomic mass is 9.90. The third-order valence-corrected chi connectivity index (χ3v) is 9.39. The second-order valence-corrected chi connectivity index (χ2v) is 14.0. The van der Waals surface area contributed by atoms with Crippen molar-refractivity contribution in [3.63, 3.8) is 0 Å². The number of hydrogen-bond donors (Lipinski definition) is 4. The maximum atomic E-state index is 12.9. The van der Waals surface area contributed by atoms with Gasteiger partial charge in [0.1, 0.15) is 17.1 Å². The number of hydroxylamine groups is 2. The van der Waals surface area contributed by atoms with Crippen molar-refractivity contribution in [3.05, 3.63) is 75.9 Å². The van der Waals surface area contributed by atoms with Gasteiger partial charge in [0.25, 0.3) is 18.2 Å². The van der Waals surface area contributed by atoms with Crippen LogP contribution in [0.25, 0.3) is 33.4 Å². The van der Waals surface area contributed by atoms with E-state index in [-0.39, 0.29) is 76.9 Å². The molecule has 0 saturated carbocycles. The van der Waals surface area contributed by atoms with E-state index in [1.54, 1.807) is 25.1 Å². The van der Waals surface area contributed by atoms with Crippen molar-refractivity contribution in [1.29, 1.82) is 0 Å². The van der Waals surface area contributed by atoms with Crippen LogP contribution in [0, 0.1) is 0 Å². The number of carboxylic acids is 1. The number of carbonyl (C=O) groups excluding carboxylic acids is 5. The highest BCUT2D eigenvalue weighted by atomic mass is 32.2. The fourth-order valence-electron chi connectivity index (χ4n) is 5.63. The van der Waals surface area contributed by atoms with Crippen molar-refractivity contribution in [3.8, 4) is 28.2 Å². The molecule has 4 rings (SSSR count). The van der Waals surface area contributed by atoms with Crippen molar-refractivity contribution in [2.75, 3.05) is 64.2 Å². The smallest absolute Gasteiger partial charge is 0.336 e. The van der Waals surface area contributed by atoms with Crippen LogP contribution in [0.2, 0.25) is 0 Å². The molecule has 0 spiro atoms. The minimum absolute atomic E-state index is 0.0611. The molecule has 2 aromatic carbocycles. The van der Waals surface area contributed by atoms with Crippen molar-refractivity contribution in [2.45, 2.75) is 39.0 Å². The number of phenolic OH excluding ortho intramolecular Hbond substituents is 1. The Morgan fingerprint density at radius 1 is 0.831 bits per heavy atom. The largest absolute Gasteiger partial charge is 0.508 e. The summed E-state index contributed by atoms with van der Waals surface area (Å²) in [5.74, 6) is -2.65. The molecule has 0 fully saturated rings. The zero-order chi connectivity index (χ0) is 42.6. The monoisotopic (exact) mass is 837 g/mol. The van der Waals surface area contributed by atoms with Gasteiger partial charge in [-0.3, -0.25) is 24.0 Å². The van der Waals surface area contributed by atoms with Crippen LogP contribution in [-0.2, 0) is 38.2 Å². The van der Waals surface area contributed by atoms with E-state index in [9.17, 15) is 43.8 Å². The van der Waals surface area contributed by atoms with Gasteiger partial charge in [0.15, 0.2) is 5.43 Å². The fraction of sp³-hybridized carbons (Fsp3) is 0.390. The first-order valence-corrected chi connectivity index (χ1v) is 20.1. The number of carbonyl (C=O) groups is 6. The number of rotatable bonds is 25. The van der Waals surface area contributed by atoms with Crippen LogP contribution < -0.4 is 16.1 Å². The summed E-state index contributed by atoms with van der Waals surface area (Å²) in [7, 11) is 0. The van der Waals surface area contributed by atoms with E-state index in [1.165, 1.54) is 48.2 Å². The van der Waals surface area contributed by atoms with Crippen molar-refractivity contribution < 1.29 is 62.4 Å². The van der Waals surface area contributed by atoms with E-state index in [1.807, 2.05) is 0 Å². The highest BCUT2D eigenvalue weighted by molar-refractivity contribution is 7.99. The van der Waals surface area contributed by atoms with Crippen LogP contribution in [0.3, 0.4) is 0 Å². The number of benzene rings is 3. The molecule has 1 aliphatic heterocycles. The van der Waals surface area contributed by atoms with Gasteiger partial charge in [-0.1, -0.05) is 13.0 Å². The Bertz CT molecular complexity index is 2110. The minimum Gasteiger partial charge on any atom is -0.508 e. The number of imide groups is 1. The van der Waals surface area contributed by atoms with Crippen LogP contribution in [0.1, 0.15) is 59.7 Å². The lowest BCUT2D eigenvalue weighted by Crippen LogP contribution is -2.32. The Morgan fingerprint density at radius 3 is 2.19 bits per heavy atom. The third kappa shape index (κ3) is 14.5. The van der Waals surface area contributed by atoms with Crippen LogP contribution in [0.4, 0.5) is 0 Å². The Labute approximate surface area is 343 Å². The summed E-state index contributed by atoms with van der Waals surface area (Å²) in [6.45, 7) is 4.65. The van der Waals surface area contributed by atoms with Gasteiger partial charge in [-0.2, -0.15) is 11.8 Å². The highest BCUT2D eigenvalue weighted by Crippen LogP contribution is 2.42. The van der Waals surface area contributed by atoms with Gasteiger partial charge in [-0.15, -0.1) is 5.06 Å². The first-order chi connectivity index (χ1) is 28.5. The van der Waals surface area contributed by atoms with Crippen LogP contribution in [0.5, 0.6) is 5.75 Å². The molecular weight excluding hydrogens is 791 g/mol. The van der Waals surface area contributed by atoms with Gasteiger partial charge in [0.05, 0.1) is 44.2 Å². The number of fused-ring (bicyclic) bond motifs is 2. The summed E-state index contributed by atoms with van der Waals surface area (Å²) in [4.78, 5) is 88.5. The van der Waals surface area contributed by atoms with Gasteiger partial charge >= 0.3 is 11.9 Å². The number of ether oxygens (including phenoxy) is 3. The maximum absolute atomic E-state index is 12.9. The summed E-state index contributed by atoms with van der Waals surface area (Å²) in [5, 5.41) is 26.6. The molecule has 1 aliphatic carbocycles. The number of phenols is 1. The fourth-order valence-corrected chi connectivity index (χ4v) is 6.38. The number of amides is 4. The molecule has 2 aromatic rings. The van der Waals surface area contributed by atoms with Gasteiger partial charge in [0, 0.05) is 72.7 Å². The summed E-state index contributed by atoms with van der Waals surface area (Å²) < 4.78 is 22.4. The molecule has 18 heteroatoms. The number of aromatic hydroxyl groups is 1. The molecule has 0 unspecified atom stereocenters. The lowest BCUT2D eigenvalue weighted by molar-refractivity contribution is -0.196. The van der Waals surface area contributed by atoms with E-state index < -0.39 is 23.8 Å². The van der Waals surface area contributed by atoms with E-state index in [0.29, 0.717) is 92.6 Å². The highest BCUT2D eigenvalue weighted by Gasteiger charge is 2.23. The Kier molecular flexibility index (Phi) is 18.8. The molecule has 17 nitrogen and oxygen atoms in total. The van der Waals surface area contributed by atoms with Gasteiger partial charge in [-0.05, 0) is 61.2 Å². The number of hydrogen-bond acceptors (Lipinski definition) is 14. The van der Waals surface area contributed by atoms with E-state index in [2.05, 4.69) is 10.6 Å². The molecule has 2 aliphatic rings. The number of thioether (sulfide) groups is 1. The molecular formula is C41H47N3O14S. The first-order valence-electron chi connectivity index (χ1n) is 18.9. The Morgan fingerprint density at radius 2 is 1.51 bits per heavy atom. The number of carboxylic acid groups (broad SMARTS) is 1. The quantitative estimate of drug-likeness (QED) is 0.0319. The average molecular weight is 838 g/mol. The summed E-state index contributed by atoms with van der Waals surface area (Å²) >= 11 is 1.22. The van der Waals surface area contributed by atoms with E-state index in [0.717, 1.165) is 0 Å². The zero-order valence-electron chi connectivity index (χ0n) is 32.5.